The second-order valence-electron chi connectivity index (χ2n) is 20.1. The van der Waals surface area contributed by atoms with Gasteiger partial charge in [0, 0.05) is 98.3 Å². The van der Waals surface area contributed by atoms with E-state index in [1.54, 1.807) is 7.11 Å². The van der Waals surface area contributed by atoms with E-state index in [-0.39, 0.29) is 37.3 Å². The number of hydrogen-bond acceptors (Lipinski definition) is 11. The number of hydrogen-bond donors (Lipinski definition) is 2. The minimum atomic E-state index is -2.93. The van der Waals surface area contributed by atoms with Crippen molar-refractivity contribution < 1.29 is 47.2 Å². The zero-order chi connectivity index (χ0) is 45.2. The molecular formula is C49H64F2N4O8. The van der Waals surface area contributed by atoms with Crippen molar-refractivity contribution in [2.75, 3.05) is 61.1 Å². The fourth-order valence-corrected chi connectivity index (χ4v) is 14.3. The number of halogens is 2. The van der Waals surface area contributed by atoms with Crippen LogP contribution in [0.25, 0.3) is 10.9 Å². The molecule has 63 heavy (non-hydrogen) atoms. The lowest BCUT2D eigenvalue weighted by Crippen LogP contribution is -2.79. The molecule has 2 aromatic rings. The number of fused-ring (bicyclic) bond motifs is 6. The number of likely N-dealkylation sites (tertiary alicyclic amines) is 1. The molecule has 1 aromatic carbocycles. The molecular weight excluding hydrogens is 811 g/mol. The summed E-state index contributed by atoms with van der Waals surface area (Å²) in [5.74, 6) is -6.64. The summed E-state index contributed by atoms with van der Waals surface area (Å²) in [6.07, 6.45) is 8.13. The van der Waals surface area contributed by atoms with Crippen molar-refractivity contribution >= 4 is 28.8 Å². The van der Waals surface area contributed by atoms with E-state index in [0.29, 0.717) is 51.1 Å². The van der Waals surface area contributed by atoms with Gasteiger partial charge in [-0.05, 0) is 92.3 Å². The number of benzene rings is 1. The van der Waals surface area contributed by atoms with E-state index < -0.39 is 75.8 Å². The van der Waals surface area contributed by atoms with Crippen molar-refractivity contribution in [2.45, 2.75) is 114 Å². The highest BCUT2D eigenvalue weighted by atomic mass is 19.3. The number of esters is 3. The number of nitrogens with zero attached hydrogens (tertiary/aromatic N) is 3. The smallest absolute Gasteiger partial charge is 0.344 e. The van der Waals surface area contributed by atoms with Crippen LogP contribution in [-0.2, 0) is 45.2 Å². The lowest BCUT2D eigenvalue weighted by molar-refractivity contribution is -0.243. The molecule has 12 atom stereocenters. The quantitative estimate of drug-likeness (QED) is 0.187. The van der Waals surface area contributed by atoms with Crippen LogP contribution in [0, 0.1) is 28.6 Å². The second-order valence-corrected chi connectivity index (χ2v) is 20.1. The number of aliphatic hydroxyl groups is 1. The van der Waals surface area contributed by atoms with E-state index in [2.05, 4.69) is 52.9 Å². The summed E-state index contributed by atoms with van der Waals surface area (Å²) in [5, 5.41) is 14.4. The maximum absolute atomic E-state index is 15.5. The largest absolute Gasteiger partial charge is 0.468 e. The van der Waals surface area contributed by atoms with Crippen molar-refractivity contribution in [3.05, 3.63) is 70.6 Å². The average Bonchev–Trinajstić information content (AvgIpc) is 3.92. The molecule has 9 rings (SSSR count). The zero-order valence-electron chi connectivity index (χ0n) is 38.1. The van der Waals surface area contributed by atoms with Crippen LogP contribution in [0.15, 0.2) is 53.8 Å². The molecule has 1 aromatic heterocycles. The summed E-state index contributed by atoms with van der Waals surface area (Å²) >= 11 is 0. The van der Waals surface area contributed by atoms with E-state index in [4.69, 9.17) is 18.9 Å². The Kier molecular flexibility index (Phi) is 10.7. The number of carbonyl (C=O) groups excluding carboxylic acids is 3. The van der Waals surface area contributed by atoms with Gasteiger partial charge in [-0.15, -0.1) is 0 Å². The third kappa shape index (κ3) is 6.05. The first-order chi connectivity index (χ1) is 29.9. The number of aromatic amines is 1. The van der Waals surface area contributed by atoms with Crippen LogP contribution in [0.3, 0.4) is 0 Å². The molecule has 6 heterocycles. The van der Waals surface area contributed by atoms with Crippen molar-refractivity contribution in [1.82, 2.24) is 19.7 Å². The fourth-order valence-electron chi connectivity index (χ4n) is 14.3. The first-order valence-electron chi connectivity index (χ1n) is 22.8. The minimum Gasteiger partial charge on any atom is -0.468 e. The van der Waals surface area contributed by atoms with Gasteiger partial charge in [0.1, 0.15) is 5.41 Å². The summed E-state index contributed by atoms with van der Waals surface area (Å²) in [6.45, 7) is 11.2. The number of H-pyrrole nitrogens is 1. The molecule has 1 spiro atoms. The Hall–Kier alpha value is -4.11. The van der Waals surface area contributed by atoms with Gasteiger partial charge >= 0.3 is 17.9 Å². The maximum Gasteiger partial charge on any atom is 0.344 e. The highest BCUT2D eigenvalue weighted by molar-refractivity contribution is 5.92. The molecule has 1 saturated carbocycles. The molecule has 0 radical (unpaired) electrons. The lowest BCUT2D eigenvalue weighted by atomic mass is 9.47. The molecule has 12 nitrogen and oxygen atoms in total. The summed E-state index contributed by atoms with van der Waals surface area (Å²) in [4.78, 5) is 53.2. The number of rotatable bonds is 8. The monoisotopic (exact) mass is 874 g/mol. The van der Waals surface area contributed by atoms with Gasteiger partial charge in [0.05, 0.1) is 26.4 Å². The molecule has 2 N–H and O–H groups in total. The van der Waals surface area contributed by atoms with Gasteiger partial charge in [-0.2, -0.15) is 0 Å². The number of alkyl halides is 2. The fraction of sp³-hybridized carbons (Fsp3) is 0.653. The first kappa shape index (κ1) is 44.1. The lowest BCUT2D eigenvalue weighted by Gasteiger charge is -2.63. The Morgan fingerprint density at radius 1 is 1.05 bits per heavy atom. The van der Waals surface area contributed by atoms with Gasteiger partial charge in [0.2, 0.25) is 11.5 Å². The predicted octanol–water partition coefficient (Wildman–Crippen LogP) is 5.89. The van der Waals surface area contributed by atoms with Crippen LogP contribution in [-0.4, -0.2) is 140 Å². The highest BCUT2D eigenvalue weighted by Gasteiger charge is 2.81. The number of ether oxygens (including phenoxy) is 4. The highest BCUT2D eigenvalue weighted by Crippen LogP contribution is 2.70. The Morgan fingerprint density at radius 2 is 1.79 bits per heavy atom. The Balaban J connectivity index is 1.33. The van der Waals surface area contributed by atoms with Gasteiger partial charge in [0.25, 0.3) is 0 Å². The van der Waals surface area contributed by atoms with Crippen LogP contribution >= 0.6 is 0 Å². The molecule has 0 amide bonds. The van der Waals surface area contributed by atoms with Crippen LogP contribution in [0.1, 0.15) is 83.0 Å². The molecule has 5 aliphatic heterocycles. The van der Waals surface area contributed by atoms with Crippen LogP contribution in [0.5, 0.6) is 0 Å². The van der Waals surface area contributed by atoms with Crippen molar-refractivity contribution in [3.8, 4) is 0 Å². The van der Waals surface area contributed by atoms with Crippen LogP contribution in [0.2, 0.25) is 0 Å². The molecule has 2 aliphatic carbocycles. The normalized spacial score (nSPS) is 38.3. The van der Waals surface area contributed by atoms with Crippen molar-refractivity contribution in [2.24, 2.45) is 28.6 Å². The molecule has 4 unspecified atom stereocenters. The summed E-state index contributed by atoms with van der Waals surface area (Å²) in [7, 11) is 6.10. The van der Waals surface area contributed by atoms with E-state index in [1.807, 2.05) is 37.1 Å². The molecule has 4 fully saturated rings. The van der Waals surface area contributed by atoms with E-state index in [9.17, 15) is 14.7 Å². The minimum absolute atomic E-state index is 0.209. The standard InChI is InChI=1S/C49H64F2N4O8/c1-10-46-15-11-17-55-19-16-47(40(46)55)34-22-35(38(60-7)23-37(34)53(6)41(47)49(59,44(58)62-9)42(46)63-28(4)56)48(43(57)61-8)24-29-20-31(45(5,50)51)26-54(25-29)18-14-32-33-21-30(27(2)3)12-13-36(33)52-39(32)48/h11-13,15,21-23,27,29,31,35,38,40-42,52,59H,10,14,16-20,24-26H2,1-9H3/t29-,31?,35?,38?,40+,41-,42-,46-,47-,48+,49+/m1/s1. The van der Waals surface area contributed by atoms with E-state index >= 15 is 13.6 Å². The third-order valence-electron chi connectivity index (χ3n) is 16.8. The topological polar surface area (TPSA) is 134 Å². The van der Waals surface area contributed by atoms with Gasteiger partial charge in [-0.1, -0.05) is 45.1 Å². The first-order valence-corrected chi connectivity index (χ1v) is 22.8. The van der Waals surface area contributed by atoms with Gasteiger partial charge in [-0.3, -0.25) is 14.5 Å². The summed E-state index contributed by atoms with van der Waals surface area (Å²) in [5.41, 5.74) is -0.458. The summed E-state index contributed by atoms with van der Waals surface area (Å²) in [6, 6.07) is 5.08. The molecule has 14 heteroatoms. The average molecular weight is 875 g/mol. The number of nitrogens with one attached hydrogen (secondary N) is 1. The maximum atomic E-state index is 15.5. The van der Waals surface area contributed by atoms with Gasteiger partial charge in [0.15, 0.2) is 6.10 Å². The molecule has 3 saturated heterocycles. The third-order valence-corrected chi connectivity index (χ3v) is 16.8. The van der Waals surface area contributed by atoms with Crippen LogP contribution < -0.4 is 0 Å². The van der Waals surface area contributed by atoms with Crippen LogP contribution in [0.4, 0.5) is 8.78 Å². The number of allylic oxidation sites excluding steroid dienone is 1. The predicted molar refractivity (Wildman–Crippen MR) is 232 cm³/mol. The molecule has 7 aliphatic rings. The Bertz CT molecular complexity index is 2300. The number of methoxy groups -OCH3 is 3. The number of likely N-dealkylation sites (N-methyl/N-ethyl adjacent to an activating group) is 1. The SMILES string of the molecule is CC[C@]12C=CCN3CC[C@@]4(C5=CC([C@@]6(C(=O)OC)C[C@H]7CC(C(C)(F)F)CN(CCc8c6[nH]c6ccc(C(C)C)cc86)C7)C(OC)C=C5N(C)[C@H]4[C@@](O)(C(=O)OC)[C@@H]1OC(C)=O)[C@@H]32. The van der Waals surface area contributed by atoms with Crippen molar-refractivity contribution in [1.29, 1.82) is 0 Å². The number of carbonyl (C=O) groups is 3. The van der Waals surface area contributed by atoms with E-state index in [0.717, 1.165) is 40.2 Å². The Labute approximate surface area is 369 Å². The van der Waals surface area contributed by atoms with Gasteiger partial charge < -0.3 is 38.8 Å². The Morgan fingerprint density at radius 3 is 2.44 bits per heavy atom. The summed E-state index contributed by atoms with van der Waals surface area (Å²) < 4.78 is 55.1. The number of aromatic nitrogens is 1. The molecule has 2 bridgehead atoms. The van der Waals surface area contributed by atoms with Gasteiger partial charge in [-0.25, -0.2) is 13.6 Å². The zero-order valence-corrected chi connectivity index (χ0v) is 38.1. The van der Waals surface area contributed by atoms with Crippen molar-refractivity contribution in [3.63, 3.8) is 0 Å². The second kappa shape index (κ2) is 15.2. The number of piperidine rings is 1. The van der Waals surface area contributed by atoms with E-state index in [1.165, 1.54) is 21.1 Å². The molecule has 342 valence electrons.